The van der Waals surface area contributed by atoms with E-state index >= 15 is 0 Å². The Balaban J connectivity index is 1.41. The van der Waals surface area contributed by atoms with Gasteiger partial charge in [0.1, 0.15) is 6.04 Å². The molecule has 3 aliphatic rings. The van der Waals surface area contributed by atoms with Crippen molar-refractivity contribution in [3.63, 3.8) is 0 Å². The molecule has 1 unspecified atom stereocenters. The summed E-state index contributed by atoms with van der Waals surface area (Å²) in [6, 6.07) is 5.07. The van der Waals surface area contributed by atoms with Gasteiger partial charge >= 0.3 is 6.18 Å². The standard InChI is InChI=1S/C28H31F3N4O4/c1-27(2,39)19-8-11-34(12-9-19)14-17-7-10-32-24(23(17)28(29,30)31)16-3-4-20-18(13-16)15-35(26(20)38)21-5-6-22(36)33-25(21)37/h3-4,7,10,13,19,21,39H,5-6,8-9,11-12,14-15H2,1-2H3,(H,33,36,37). The average Bonchev–Trinajstić information content (AvgIpc) is 3.18. The summed E-state index contributed by atoms with van der Waals surface area (Å²) in [5.74, 6) is -1.24. The van der Waals surface area contributed by atoms with Crippen molar-refractivity contribution in [1.29, 1.82) is 0 Å². The van der Waals surface area contributed by atoms with Gasteiger partial charge in [-0.1, -0.05) is 6.07 Å². The molecule has 2 N–H and O–H groups in total. The number of alkyl halides is 3. The maximum atomic E-state index is 14.5. The van der Waals surface area contributed by atoms with Gasteiger partial charge in [0.2, 0.25) is 11.8 Å². The minimum absolute atomic E-state index is 0.0610. The number of fused-ring (bicyclic) bond motifs is 1. The van der Waals surface area contributed by atoms with E-state index in [9.17, 15) is 32.7 Å². The number of hydrogen-bond donors (Lipinski definition) is 2. The summed E-state index contributed by atoms with van der Waals surface area (Å²) in [7, 11) is 0. The molecule has 3 amide bonds. The number of halogens is 3. The van der Waals surface area contributed by atoms with Crippen molar-refractivity contribution in [3.05, 3.63) is 52.7 Å². The third-order valence-electron chi connectivity index (χ3n) is 8.10. The van der Waals surface area contributed by atoms with E-state index in [4.69, 9.17) is 0 Å². The Morgan fingerprint density at radius 1 is 1.08 bits per heavy atom. The van der Waals surface area contributed by atoms with Crippen LogP contribution in [0.5, 0.6) is 0 Å². The highest BCUT2D eigenvalue weighted by atomic mass is 19.4. The zero-order valence-corrected chi connectivity index (χ0v) is 21.8. The molecule has 2 saturated heterocycles. The summed E-state index contributed by atoms with van der Waals surface area (Å²) in [6.45, 7) is 4.86. The molecule has 8 nitrogen and oxygen atoms in total. The Bertz CT molecular complexity index is 1310. The van der Waals surface area contributed by atoms with Gasteiger partial charge in [0, 0.05) is 36.8 Å². The Morgan fingerprint density at radius 2 is 1.79 bits per heavy atom. The maximum absolute atomic E-state index is 14.5. The molecule has 0 spiro atoms. The Kier molecular flexibility index (Phi) is 7.00. The third kappa shape index (κ3) is 5.42. The lowest BCUT2D eigenvalue weighted by Gasteiger charge is -2.38. The summed E-state index contributed by atoms with van der Waals surface area (Å²) in [5.41, 5.74) is -0.644. The molecule has 0 aliphatic carbocycles. The first-order valence-electron chi connectivity index (χ1n) is 13.1. The highest BCUT2D eigenvalue weighted by molar-refractivity contribution is 6.05. The first-order chi connectivity index (χ1) is 18.3. The van der Waals surface area contributed by atoms with Gasteiger partial charge in [-0.15, -0.1) is 0 Å². The number of carbonyl (C=O) groups excluding carboxylic acids is 3. The van der Waals surface area contributed by atoms with Crippen LogP contribution in [-0.4, -0.2) is 62.3 Å². The fourth-order valence-corrected chi connectivity index (χ4v) is 5.93. The summed E-state index contributed by atoms with van der Waals surface area (Å²) >= 11 is 0. The van der Waals surface area contributed by atoms with Crippen molar-refractivity contribution in [3.8, 4) is 11.3 Å². The van der Waals surface area contributed by atoms with E-state index in [1.807, 2.05) is 4.90 Å². The second kappa shape index (κ2) is 10.0. The summed E-state index contributed by atoms with van der Waals surface area (Å²) < 4.78 is 43.4. The Labute approximate surface area is 224 Å². The summed E-state index contributed by atoms with van der Waals surface area (Å²) in [4.78, 5) is 44.3. The normalized spacial score (nSPS) is 21.3. The fraction of sp³-hybridized carbons (Fsp3) is 0.500. The van der Waals surface area contributed by atoms with Crippen molar-refractivity contribution in [2.45, 2.75) is 70.4 Å². The molecule has 1 aromatic heterocycles. The van der Waals surface area contributed by atoms with E-state index in [1.165, 1.54) is 35.4 Å². The summed E-state index contributed by atoms with van der Waals surface area (Å²) in [5, 5.41) is 12.5. The van der Waals surface area contributed by atoms with Crippen molar-refractivity contribution < 1.29 is 32.7 Å². The molecule has 208 valence electrons. The smallest absolute Gasteiger partial charge is 0.390 e. The molecule has 2 aromatic rings. The second-order valence-corrected chi connectivity index (χ2v) is 11.2. The van der Waals surface area contributed by atoms with Gasteiger partial charge in [-0.3, -0.25) is 29.6 Å². The molecule has 0 bridgehead atoms. The van der Waals surface area contributed by atoms with Crippen LogP contribution in [0.15, 0.2) is 30.5 Å². The van der Waals surface area contributed by atoms with Gasteiger partial charge in [-0.25, -0.2) is 0 Å². The van der Waals surface area contributed by atoms with Crippen LogP contribution in [0.1, 0.15) is 66.6 Å². The third-order valence-corrected chi connectivity index (χ3v) is 8.10. The second-order valence-electron chi connectivity index (χ2n) is 11.2. The molecular formula is C28H31F3N4O4. The number of nitrogens with zero attached hydrogens (tertiary/aromatic N) is 3. The summed E-state index contributed by atoms with van der Waals surface area (Å²) in [6.07, 6.45) is -1.57. The van der Waals surface area contributed by atoms with Crippen molar-refractivity contribution >= 4 is 17.7 Å². The zero-order valence-electron chi connectivity index (χ0n) is 21.8. The zero-order chi connectivity index (χ0) is 28.1. The fourth-order valence-electron chi connectivity index (χ4n) is 5.93. The maximum Gasteiger partial charge on any atom is 0.418 e. The highest BCUT2D eigenvalue weighted by Crippen LogP contribution is 2.40. The molecule has 0 radical (unpaired) electrons. The molecule has 1 atom stereocenters. The van der Waals surface area contributed by atoms with Gasteiger partial charge in [0.15, 0.2) is 0 Å². The average molecular weight is 545 g/mol. The monoisotopic (exact) mass is 544 g/mol. The number of nitrogens with one attached hydrogen (secondary N) is 1. The number of amides is 3. The van der Waals surface area contributed by atoms with E-state index in [-0.39, 0.29) is 48.7 Å². The molecule has 39 heavy (non-hydrogen) atoms. The number of carbonyl (C=O) groups is 3. The van der Waals surface area contributed by atoms with Gasteiger partial charge in [-0.2, -0.15) is 13.2 Å². The predicted octanol–water partition coefficient (Wildman–Crippen LogP) is 3.51. The number of piperidine rings is 2. The first kappa shape index (κ1) is 27.3. The van der Waals surface area contributed by atoms with Crippen molar-refractivity contribution in [2.24, 2.45) is 5.92 Å². The van der Waals surface area contributed by atoms with Gasteiger partial charge in [0.25, 0.3) is 5.91 Å². The number of rotatable bonds is 5. The molecule has 3 aliphatic heterocycles. The van der Waals surface area contributed by atoms with Crippen LogP contribution in [0.2, 0.25) is 0 Å². The number of pyridine rings is 1. The van der Waals surface area contributed by atoms with Crippen LogP contribution in [0.3, 0.4) is 0 Å². The van der Waals surface area contributed by atoms with E-state index in [0.717, 1.165) is 0 Å². The van der Waals surface area contributed by atoms with Crippen LogP contribution in [0, 0.1) is 5.92 Å². The lowest BCUT2D eigenvalue weighted by molar-refractivity contribution is -0.138. The number of aliphatic hydroxyl groups is 1. The van der Waals surface area contributed by atoms with Crippen molar-refractivity contribution in [1.82, 2.24) is 20.1 Å². The Hall–Kier alpha value is -3.31. The van der Waals surface area contributed by atoms with Crippen molar-refractivity contribution in [2.75, 3.05) is 13.1 Å². The SMILES string of the molecule is CC(C)(O)C1CCN(Cc2ccnc(-c3ccc4c(c3)CN(C3CCC(=O)NC3=O)C4=O)c2C(F)(F)F)CC1. The molecule has 2 fully saturated rings. The van der Waals surface area contributed by atoms with Gasteiger partial charge in [-0.05, 0) is 81.4 Å². The molecule has 4 heterocycles. The molecule has 0 saturated carbocycles. The highest BCUT2D eigenvalue weighted by Gasteiger charge is 2.41. The predicted molar refractivity (Wildman–Crippen MR) is 135 cm³/mol. The minimum Gasteiger partial charge on any atom is -0.390 e. The quantitative estimate of drug-likeness (QED) is 0.559. The molecule has 1 aromatic carbocycles. The van der Waals surface area contributed by atoms with E-state index in [1.54, 1.807) is 13.8 Å². The van der Waals surface area contributed by atoms with E-state index < -0.39 is 41.1 Å². The largest absolute Gasteiger partial charge is 0.418 e. The van der Waals surface area contributed by atoms with Crippen LogP contribution >= 0.6 is 0 Å². The number of hydrogen-bond acceptors (Lipinski definition) is 6. The number of imide groups is 1. The van der Waals surface area contributed by atoms with Crippen LogP contribution in [0.4, 0.5) is 13.2 Å². The topological polar surface area (TPSA) is 103 Å². The van der Waals surface area contributed by atoms with E-state index in [2.05, 4.69) is 10.3 Å². The number of benzene rings is 1. The molecule has 5 rings (SSSR count). The minimum atomic E-state index is -4.65. The van der Waals surface area contributed by atoms with Gasteiger partial charge < -0.3 is 10.0 Å². The lowest BCUT2D eigenvalue weighted by Crippen LogP contribution is -2.52. The van der Waals surface area contributed by atoms with Crippen LogP contribution < -0.4 is 5.32 Å². The van der Waals surface area contributed by atoms with Gasteiger partial charge in [0.05, 0.1) is 16.9 Å². The number of aromatic nitrogens is 1. The number of likely N-dealkylation sites (tertiary alicyclic amines) is 1. The molecule has 11 heteroatoms. The van der Waals surface area contributed by atoms with E-state index in [0.29, 0.717) is 37.1 Å². The Morgan fingerprint density at radius 3 is 2.44 bits per heavy atom. The van der Waals surface area contributed by atoms with Crippen LogP contribution in [0.25, 0.3) is 11.3 Å². The van der Waals surface area contributed by atoms with Crippen LogP contribution in [-0.2, 0) is 28.9 Å². The first-order valence-corrected chi connectivity index (χ1v) is 13.1. The lowest BCUT2D eigenvalue weighted by atomic mass is 9.83. The molecular weight excluding hydrogens is 513 g/mol.